The number of nitrogen functional groups attached to an aromatic ring is 1. The third kappa shape index (κ3) is 6.60. The van der Waals surface area contributed by atoms with Gasteiger partial charge in [0.2, 0.25) is 17.8 Å². The number of primary amides is 1. The fraction of sp³-hybridized carbons (Fsp3) is 0.538. The number of fused-ring (bicyclic) bond motifs is 1. The smallest absolute Gasteiger partial charge is 0.238 e. The molecule has 41 heavy (non-hydrogen) atoms. The molecule has 3 unspecified atom stereocenters. The van der Waals surface area contributed by atoms with Crippen LogP contribution in [0.3, 0.4) is 0 Å². The minimum absolute atomic E-state index is 0.0307. The third-order valence-corrected chi connectivity index (χ3v) is 7.28. The summed E-state index contributed by atoms with van der Waals surface area (Å²) in [5.74, 6) is -0.909. The third-order valence-electron chi connectivity index (χ3n) is 7.28. The van der Waals surface area contributed by atoms with Crippen molar-refractivity contribution in [2.45, 2.75) is 50.7 Å². The Balaban J connectivity index is 1.74. The lowest BCUT2D eigenvalue weighted by Crippen LogP contribution is -2.50. The Kier molecular flexibility index (Phi) is 9.77. The number of anilines is 4. The van der Waals surface area contributed by atoms with Crippen molar-refractivity contribution in [1.82, 2.24) is 15.4 Å². The molecule has 5 atom stereocenters. The molecule has 0 aliphatic carbocycles. The van der Waals surface area contributed by atoms with Gasteiger partial charge in [-0.2, -0.15) is 9.97 Å². The lowest BCUT2D eigenvalue weighted by Gasteiger charge is -2.29. The number of carbonyl (C=O) groups is 2. The molecule has 4 rings (SSSR count). The summed E-state index contributed by atoms with van der Waals surface area (Å²) in [5.41, 5.74) is 22.0. The zero-order valence-electron chi connectivity index (χ0n) is 23.0. The molecule has 2 aromatic rings. The van der Waals surface area contributed by atoms with E-state index in [1.807, 2.05) is 30.3 Å². The average Bonchev–Trinajstić information content (AvgIpc) is 3.46. The number of ether oxygens (including phenoxy) is 1. The minimum Gasteiger partial charge on any atom is -0.394 e. The van der Waals surface area contributed by atoms with Crippen molar-refractivity contribution in [2.75, 3.05) is 53.5 Å². The molecule has 1 fully saturated rings. The van der Waals surface area contributed by atoms with Crippen LogP contribution in [0.4, 0.5) is 23.3 Å². The van der Waals surface area contributed by atoms with Gasteiger partial charge >= 0.3 is 0 Å². The molecule has 1 aromatic heterocycles. The lowest BCUT2D eigenvalue weighted by molar-refractivity contribution is -0.122. The van der Waals surface area contributed by atoms with Gasteiger partial charge in [0, 0.05) is 19.5 Å². The van der Waals surface area contributed by atoms with Crippen molar-refractivity contribution in [3.05, 3.63) is 35.9 Å². The number of nitrogens with one attached hydrogen (secondary N) is 1. The van der Waals surface area contributed by atoms with Crippen LogP contribution in [-0.4, -0.2) is 94.6 Å². The first kappa shape index (κ1) is 30.2. The summed E-state index contributed by atoms with van der Waals surface area (Å²) in [4.78, 5) is 37.2. The van der Waals surface area contributed by atoms with E-state index in [0.29, 0.717) is 19.4 Å². The Morgan fingerprint density at radius 2 is 1.95 bits per heavy atom. The number of carbonyl (C=O) groups excluding carboxylic acids is 2. The Morgan fingerprint density at radius 1 is 1.22 bits per heavy atom. The zero-order chi connectivity index (χ0) is 29.7. The van der Waals surface area contributed by atoms with E-state index >= 15 is 0 Å². The Hall–Kier alpha value is -3.76. The number of hydrazine groups is 1. The molecule has 10 N–H and O–H groups in total. The van der Waals surface area contributed by atoms with Gasteiger partial charge in [-0.3, -0.25) is 20.0 Å². The Labute approximate surface area is 237 Å². The van der Waals surface area contributed by atoms with Gasteiger partial charge < -0.3 is 47.1 Å². The number of aromatic nitrogens is 2. The number of rotatable bonds is 13. The highest BCUT2D eigenvalue weighted by Gasteiger charge is 2.49. The van der Waals surface area contributed by atoms with Gasteiger partial charge in [0.25, 0.3) is 0 Å². The largest absolute Gasteiger partial charge is 0.394 e. The van der Waals surface area contributed by atoms with Crippen LogP contribution in [0.5, 0.6) is 0 Å². The summed E-state index contributed by atoms with van der Waals surface area (Å²) >= 11 is 0. The van der Waals surface area contributed by atoms with Gasteiger partial charge in [0.15, 0.2) is 17.9 Å². The number of aliphatic hydroxyl groups is 3. The van der Waals surface area contributed by atoms with E-state index in [9.17, 15) is 24.9 Å². The van der Waals surface area contributed by atoms with E-state index in [2.05, 4.69) is 10.4 Å². The molecule has 0 saturated carbocycles. The van der Waals surface area contributed by atoms with Gasteiger partial charge in [-0.15, -0.1) is 0 Å². The second-order valence-corrected chi connectivity index (χ2v) is 10.1. The van der Waals surface area contributed by atoms with Crippen LogP contribution in [0.2, 0.25) is 0 Å². The van der Waals surface area contributed by atoms with Gasteiger partial charge in [-0.25, -0.2) is 0 Å². The Morgan fingerprint density at radius 3 is 2.56 bits per heavy atom. The molecular weight excluding hydrogens is 534 g/mol. The van der Waals surface area contributed by atoms with Crippen LogP contribution >= 0.6 is 0 Å². The molecule has 15 heteroatoms. The van der Waals surface area contributed by atoms with Crippen LogP contribution < -0.4 is 37.4 Å². The molecule has 0 spiro atoms. The number of benzene rings is 1. The first-order valence-corrected chi connectivity index (χ1v) is 13.6. The fourth-order valence-corrected chi connectivity index (χ4v) is 4.97. The summed E-state index contributed by atoms with van der Waals surface area (Å²) in [6, 6.07) is 9.76. The van der Waals surface area contributed by atoms with E-state index in [1.165, 1.54) is 9.91 Å². The molecule has 1 saturated heterocycles. The number of hydrogen-bond acceptors (Lipinski definition) is 13. The molecule has 2 aliphatic heterocycles. The van der Waals surface area contributed by atoms with E-state index in [4.69, 9.17) is 26.9 Å². The molecule has 3 heterocycles. The summed E-state index contributed by atoms with van der Waals surface area (Å²) in [5, 5.41) is 32.2. The first-order valence-electron chi connectivity index (χ1n) is 13.6. The Bertz CT molecular complexity index is 1210. The van der Waals surface area contributed by atoms with Crippen LogP contribution in [0.15, 0.2) is 30.3 Å². The molecule has 15 nitrogen and oxygen atoms in total. The summed E-state index contributed by atoms with van der Waals surface area (Å²) < 4.78 is 5.78. The molecule has 0 bridgehead atoms. The number of aliphatic hydroxyl groups excluding tert-OH is 3. The predicted molar refractivity (Wildman–Crippen MR) is 151 cm³/mol. The summed E-state index contributed by atoms with van der Waals surface area (Å²) in [6.45, 7) is 2.02. The van der Waals surface area contributed by atoms with E-state index in [-0.39, 0.29) is 55.4 Å². The molecule has 224 valence electrons. The normalized spacial score (nSPS) is 22.5. The monoisotopic (exact) mass is 573 g/mol. The van der Waals surface area contributed by atoms with Crippen LogP contribution in [0.25, 0.3) is 0 Å². The van der Waals surface area contributed by atoms with E-state index < -0.39 is 43.0 Å². The second kappa shape index (κ2) is 13.3. The van der Waals surface area contributed by atoms with Crippen molar-refractivity contribution in [1.29, 1.82) is 0 Å². The van der Waals surface area contributed by atoms with Crippen molar-refractivity contribution in [3.8, 4) is 0 Å². The van der Waals surface area contributed by atoms with Crippen LogP contribution in [-0.2, 0) is 20.7 Å². The standard InChI is InChI=1S/C26H39N9O6/c1-2-18(37)32-35-14-34(25-21(39)20(38)17(13-36)41-25)24-19(35)22(28)30-26(31-24)33(12-16(8-10-27)23(29)40)11-9-15-6-4-3-5-7-15/h3-7,16-17,20-21,25,36,38-39H,2,8-14,27H2,1H3,(H2,29,40)(H,32,37)(H2,28,30,31)/t16?,17-,20?,21?,25-/m1/s1. The SMILES string of the molecule is CCC(=O)NN1CN([C@@H]2O[C@H](CO)C(O)C2O)c2nc(N(CCc3ccccc3)CC(CCN)C(N)=O)nc(N)c21. The van der Waals surface area contributed by atoms with E-state index in [0.717, 1.165) is 5.56 Å². The van der Waals surface area contributed by atoms with Gasteiger partial charge in [0.1, 0.15) is 30.7 Å². The lowest BCUT2D eigenvalue weighted by atomic mass is 10.0. The summed E-state index contributed by atoms with van der Waals surface area (Å²) in [6.07, 6.45) is -3.70. The molecule has 1 aromatic carbocycles. The van der Waals surface area contributed by atoms with Crippen molar-refractivity contribution in [2.24, 2.45) is 17.4 Å². The van der Waals surface area contributed by atoms with Gasteiger partial charge in [-0.05, 0) is 24.9 Å². The summed E-state index contributed by atoms with van der Waals surface area (Å²) in [7, 11) is 0. The average molecular weight is 574 g/mol. The quantitative estimate of drug-likeness (QED) is 0.138. The van der Waals surface area contributed by atoms with Crippen molar-refractivity contribution < 1.29 is 29.6 Å². The van der Waals surface area contributed by atoms with E-state index in [1.54, 1.807) is 11.8 Å². The molecule has 2 aliphatic rings. The molecular formula is C26H39N9O6. The topological polar surface area (TPSA) is 230 Å². The van der Waals surface area contributed by atoms with Crippen molar-refractivity contribution >= 4 is 35.1 Å². The molecule has 2 amide bonds. The molecule has 0 radical (unpaired) electrons. The number of amides is 2. The van der Waals surface area contributed by atoms with Crippen LogP contribution in [0, 0.1) is 5.92 Å². The highest BCUT2D eigenvalue weighted by molar-refractivity contribution is 5.87. The predicted octanol–water partition coefficient (Wildman–Crippen LogP) is -1.98. The van der Waals surface area contributed by atoms with Gasteiger partial charge in [-0.1, -0.05) is 37.3 Å². The van der Waals surface area contributed by atoms with Crippen LogP contribution in [0.1, 0.15) is 25.3 Å². The maximum Gasteiger partial charge on any atom is 0.238 e. The number of nitrogens with two attached hydrogens (primary N) is 3. The zero-order valence-corrected chi connectivity index (χ0v) is 23.0. The van der Waals surface area contributed by atoms with Gasteiger partial charge in [0.05, 0.1) is 12.5 Å². The first-order chi connectivity index (χ1) is 19.7. The number of nitrogens with zero attached hydrogens (tertiary/aromatic N) is 5. The highest BCUT2D eigenvalue weighted by atomic mass is 16.6. The highest BCUT2D eigenvalue weighted by Crippen LogP contribution is 2.42. The number of hydrogen-bond donors (Lipinski definition) is 7. The fourth-order valence-electron chi connectivity index (χ4n) is 4.97. The maximum atomic E-state index is 12.3. The minimum atomic E-state index is -1.39. The van der Waals surface area contributed by atoms with Crippen molar-refractivity contribution in [3.63, 3.8) is 0 Å². The maximum absolute atomic E-state index is 12.3. The second-order valence-electron chi connectivity index (χ2n) is 10.1.